The number of ether oxygens (including phenoxy) is 1. The number of pyridine rings is 1. The summed E-state index contributed by atoms with van der Waals surface area (Å²) in [6.07, 6.45) is 1.44. The van der Waals surface area contributed by atoms with Gasteiger partial charge in [0.15, 0.2) is 0 Å². The molecule has 6 heteroatoms. The number of carbonyl (C=O) groups is 1. The first-order valence-electron chi connectivity index (χ1n) is 11.7. The average Bonchev–Trinajstić information content (AvgIpc) is 3.23. The first-order chi connectivity index (χ1) is 16.2. The maximum atomic E-state index is 12.3. The van der Waals surface area contributed by atoms with Crippen LogP contribution in [0.1, 0.15) is 28.5 Å². The van der Waals surface area contributed by atoms with E-state index in [1.807, 2.05) is 42.6 Å². The van der Waals surface area contributed by atoms with Gasteiger partial charge in [-0.1, -0.05) is 60.7 Å². The van der Waals surface area contributed by atoms with Crippen LogP contribution < -0.4 is 0 Å². The maximum Gasteiger partial charge on any atom is 0.410 e. The van der Waals surface area contributed by atoms with E-state index in [1.54, 1.807) is 4.90 Å². The van der Waals surface area contributed by atoms with Gasteiger partial charge in [0.05, 0.1) is 12.2 Å². The number of aromatic nitrogens is 1. The minimum absolute atomic E-state index is 0.186. The summed E-state index contributed by atoms with van der Waals surface area (Å²) >= 11 is 0. The molecule has 2 saturated heterocycles. The van der Waals surface area contributed by atoms with Crippen LogP contribution in [0.25, 0.3) is 0 Å². The van der Waals surface area contributed by atoms with Crippen molar-refractivity contribution in [3.8, 4) is 0 Å². The Hall–Kier alpha value is -3.22. The van der Waals surface area contributed by atoms with Crippen LogP contribution >= 0.6 is 0 Å². The van der Waals surface area contributed by atoms with Crippen molar-refractivity contribution in [3.63, 3.8) is 0 Å². The molecular weight excluding hydrogens is 412 g/mol. The van der Waals surface area contributed by atoms with Gasteiger partial charge in [0.1, 0.15) is 6.10 Å². The number of nitrogens with zero attached hydrogens (tertiary/aromatic N) is 4. The topological polar surface area (TPSA) is 48.9 Å². The van der Waals surface area contributed by atoms with Crippen LogP contribution in [0.3, 0.4) is 0 Å². The minimum atomic E-state index is -0.239. The molecule has 5 rings (SSSR count). The molecule has 0 unspecified atom stereocenters. The molecule has 0 spiro atoms. The quantitative estimate of drug-likeness (QED) is 0.552. The lowest BCUT2D eigenvalue weighted by Gasteiger charge is -2.34. The lowest BCUT2D eigenvalue weighted by Crippen LogP contribution is -2.45. The molecule has 0 bridgehead atoms. The van der Waals surface area contributed by atoms with E-state index in [-0.39, 0.29) is 12.2 Å². The SMILES string of the molecule is O=C1O[C@H](c2ccccc2)CN1Cc1ccc(CN2CCN(Cc3ccccn3)CC2)cc1. The molecule has 1 amide bonds. The average molecular weight is 443 g/mol. The lowest BCUT2D eigenvalue weighted by atomic mass is 10.1. The summed E-state index contributed by atoms with van der Waals surface area (Å²) < 4.78 is 5.57. The zero-order chi connectivity index (χ0) is 22.5. The van der Waals surface area contributed by atoms with Crippen molar-refractivity contribution in [3.05, 3.63) is 101 Å². The summed E-state index contributed by atoms with van der Waals surface area (Å²) in [5, 5.41) is 0. The fraction of sp³-hybridized carbons (Fsp3) is 0.333. The molecule has 2 aromatic carbocycles. The standard InChI is InChI=1S/C27H30N4O2/c32-27-31(21-26(33-27)24-6-2-1-3-7-24)19-23-11-9-22(10-12-23)18-29-14-16-30(17-15-29)20-25-8-4-5-13-28-25/h1-13,26H,14-21H2/t26-/m0/s1. The summed E-state index contributed by atoms with van der Waals surface area (Å²) in [6, 6.07) is 24.7. The van der Waals surface area contributed by atoms with Crippen LogP contribution in [-0.2, 0) is 24.4 Å². The fourth-order valence-corrected chi connectivity index (χ4v) is 4.53. The van der Waals surface area contributed by atoms with E-state index in [9.17, 15) is 4.79 Å². The van der Waals surface area contributed by atoms with Gasteiger partial charge in [-0.05, 0) is 28.8 Å². The number of hydrogen-bond acceptors (Lipinski definition) is 5. The summed E-state index contributed by atoms with van der Waals surface area (Å²) in [7, 11) is 0. The summed E-state index contributed by atoms with van der Waals surface area (Å²) in [6.45, 7) is 7.31. The molecule has 0 N–H and O–H groups in total. The molecule has 2 aliphatic rings. The van der Waals surface area contributed by atoms with Gasteiger partial charge in [-0.25, -0.2) is 4.79 Å². The van der Waals surface area contributed by atoms with Gasteiger partial charge in [0.2, 0.25) is 0 Å². The number of amides is 1. The molecule has 3 heterocycles. The zero-order valence-electron chi connectivity index (χ0n) is 18.8. The molecule has 33 heavy (non-hydrogen) atoms. The lowest BCUT2D eigenvalue weighted by molar-refractivity contribution is 0.121. The third-order valence-electron chi connectivity index (χ3n) is 6.44. The van der Waals surface area contributed by atoms with Crippen molar-refractivity contribution < 1.29 is 9.53 Å². The fourth-order valence-electron chi connectivity index (χ4n) is 4.53. The summed E-state index contributed by atoms with van der Waals surface area (Å²) in [5.41, 5.74) is 4.62. The van der Waals surface area contributed by atoms with Crippen LogP contribution in [0.4, 0.5) is 4.79 Å². The van der Waals surface area contributed by atoms with Crippen molar-refractivity contribution in [2.75, 3.05) is 32.7 Å². The van der Waals surface area contributed by atoms with Crippen molar-refractivity contribution in [1.82, 2.24) is 19.7 Å². The van der Waals surface area contributed by atoms with Gasteiger partial charge in [0.25, 0.3) is 0 Å². The molecule has 0 saturated carbocycles. The Balaban J connectivity index is 1.09. The summed E-state index contributed by atoms with van der Waals surface area (Å²) in [5.74, 6) is 0. The van der Waals surface area contributed by atoms with E-state index in [2.05, 4.69) is 51.2 Å². The van der Waals surface area contributed by atoms with Gasteiger partial charge in [-0.3, -0.25) is 19.7 Å². The van der Waals surface area contributed by atoms with Crippen LogP contribution in [0, 0.1) is 0 Å². The Labute approximate surface area is 195 Å². The molecule has 2 fully saturated rings. The van der Waals surface area contributed by atoms with Crippen molar-refractivity contribution in [1.29, 1.82) is 0 Å². The molecular formula is C27H30N4O2. The molecule has 2 aliphatic heterocycles. The Morgan fingerprint density at radius 1 is 0.758 bits per heavy atom. The first kappa shape index (κ1) is 21.6. The highest BCUT2D eigenvalue weighted by Crippen LogP contribution is 2.27. The second-order valence-electron chi connectivity index (χ2n) is 8.85. The first-order valence-corrected chi connectivity index (χ1v) is 11.7. The number of hydrogen-bond donors (Lipinski definition) is 0. The molecule has 0 radical (unpaired) electrons. The predicted molar refractivity (Wildman–Crippen MR) is 127 cm³/mol. The van der Waals surface area contributed by atoms with E-state index < -0.39 is 0 Å². The third kappa shape index (κ3) is 5.59. The van der Waals surface area contributed by atoms with Gasteiger partial charge in [0, 0.05) is 52.0 Å². The Kier molecular flexibility index (Phi) is 6.65. The second-order valence-corrected chi connectivity index (χ2v) is 8.85. The molecule has 3 aromatic rings. The van der Waals surface area contributed by atoms with Crippen LogP contribution in [0.5, 0.6) is 0 Å². The number of rotatable bonds is 7. The molecule has 170 valence electrons. The highest BCUT2D eigenvalue weighted by Gasteiger charge is 2.32. The van der Waals surface area contributed by atoms with Crippen LogP contribution in [0.15, 0.2) is 79.0 Å². The Bertz CT molecular complexity index is 1030. The van der Waals surface area contributed by atoms with Gasteiger partial charge in [-0.15, -0.1) is 0 Å². The van der Waals surface area contributed by atoms with Gasteiger partial charge < -0.3 is 4.74 Å². The molecule has 1 atom stereocenters. The molecule has 6 nitrogen and oxygen atoms in total. The largest absolute Gasteiger partial charge is 0.439 e. The molecule has 1 aromatic heterocycles. The zero-order valence-corrected chi connectivity index (χ0v) is 18.8. The van der Waals surface area contributed by atoms with E-state index in [0.29, 0.717) is 13.1 Å². The van der Waals surface area contributed by atoms with Crippen molar-refractivity contribution in [2.24, 2.45) is 0 Å². The predicted octanol–water partition coefficient (Wildman–Crippen LogP) is 4.09. The van der Waals surface area contributed by atoms with E-state index >= 15 is 0 Å². The normalized spacial score (nSPS) is 19.6. The number of carbonyl (C=O) groups excluding carboxylic acids is 1. The highest BCUT2D eigenvalue weighted by atomic mass is 16.6. The highest BCUT2D eigenvalue weighted by molar-refractivity contribution is 5.70. The van der Waals surface area contributed by atoms with Crippen molar-refractivity contribution in [2.45, 2.75) is 25.7 Å². The third-order valence-corrected chi connectivity index (χ3v) is 6.44. The van der Waals surface area contributed by atoms with Crippen LogP contribution in [-0.4, -0.2) is 58.5 Å². The van der Waals surface area contributed by atoms with Crippen molar-refractivity contribution >= 4 is 6.09 Å². The maximum absolute atomic E-state index is 12.3. The Morgan fingerprint density at radius 2 is 1.39 bits per heavy atom. The number of piperazine rings is 1. The van der Waals surface area contributed by atoms with Crippen LogP contribution in [0.2, 0.25) is 0 Å². The van der Waals surface area contributed by atoms with Gasteiger partial charge in [-0.2, -0.15) is 0 Å². The van der Waals surface area contributed by atoms with Gasteiger partial charge >= 0.3 is 6.09 Å². The van der Waals surface area contributed by atoms with E-state index in [0.717, 1.165) is 56.1 Å². The summed E-state index contributed by atoms with van der Waals surface area (Å²) in [4.78, 5) is 23.5. The number of cyclic esters (lactones) is 1. The van der Waals surface area contributed by atoms with E-state index in [4.69, 9.17) is 4.74 Å². The number of benzene rings is 2. The Morgan fingerprint density at radius 3 is 2.06 bits per heavy atom. The molecule has 0 aliphatic carbocycles. The second kappa shape index (κ2) is 10.1. The minimum Gasteiger partial charge on any atom is -0.439 e. The van der Waals surface area contributed by atoms with E-state index in [1.165, 1.54) is 5.56 Å². The smallest absolute Gasteiger partial charge is 0.410 e. The monoisotopic (exact) mass is 442 g/mol.